The monoisotopic (exact) mass is 241 g/mol. The summed E-state index contributed by atoms with van der Waals surface area (Å²) in [5, 5.41) is 0. The largest absolute Gasteiger partial charge is 0.317 e. The van der Waals surface area contributed by atoms with Crippen LogP contribution in [0, 0.1) is 6.57 Å². The lowest BCUT2D eigenvalue weighted by Gasteiger charge is -2.04. The fourth-order valence-corrected chi connectivity index (χ4v) is 1.28. The molecule has 0 aliphatic heterocycles. The molecule has 68 valence electrons. The summed E-state index contributed by atoms with van der Waals surface area (Å²) in [7, 11) is 0. The van der Waals surface area contributed by atoms with Crippen LogP contribution < -0.4 is 0 Å². The van der Waals surface area contributed by atoms with Crippen molar-refractivity contribution in [2.45, 2.75) is 12.6 Å². The highest BCUT2D eigenvalue weighted by Crippen LogP contribution is 2.22. The fraction of sp³-hybridized carbons (Fsp3) is 0.300. The first-order valence-electron chi connectivity index (χ1n) is 3.97. The lowest BCUT2D eigenvalue weighted by atomic mass is 10.1. The van der Waals surface area contributed by atoms with E-state index >= 15 is 0 Å². The SMILES string of the molecule is [C-]#[N+]CCC(F)c1ccc(Br)cc1. The van der Waals surface area contributed by atoms with E-state index in [-0.39, 0.29) is 13.0 Å². The fourth-order valence-electron chi connectivity index (χ4n) is 1.02. The molecular weight excluding hydrogens is 233 g/mol. The molecule has 1 rings (SSSR count). The Morgan fingerprint density at radius 3 is 2.54 bits per heavy atom. The van der Waals surface area contributed by atoms with Crippen molar-refractivity contribution >= 4 is 15.9 Å². The summed E-state index contributed by atoms with van der Waals surface area (Å²) in [4.78, 5) is 3.12. The average Bonchev–Trinajstić information content (AvgIpc) is 2.15. The smallest absolute Gasteiger partial charge is 0.217 e. The van der Waals surface area contributed by atoms with Gasteiger partial charge in [-0.2, -0.15) is 0 Å². The van der Waals surface area contributed by atoms with Gasteiger partial charge in [-0.15, -0.1) is 0 Å². The van der Waals surface area contributed by atoms with E-state index in [9.17, 15) is 4.39 Å². The molecule has 0 spiro atoms. The second kappa shape index (κ2) is 4.98. The molecule has 0 fully saturated rings. The van der Waals surface area contributed by atoms with Gasteiger partial charge in [0.1, 0.15) is 6.17 Å². The molecule has 1 atom stereocenters. The summed E-state index contributed by atoms with van der Waals surface area (Å²) < 4.78 is 14.2. The second-order valence-electron chi connectivity index (χ2n) is 2.69. The highest BCUT2D eigenvalue weighted by molar-refractivity contribution is 9.10. The van der Waals surface area contributed by atoms with Gasteiger partial charge in [-0.25, -0.2) is 11.0 Å². The number of rotatable bonds is 3. The van der Waals surface area contributed by atoms with Gasteiger partial charge >= 0.3 is 0 Å². The number of nitrogens with zero attached hydrogens (tertiary/aromatic N) is 1. The Labute approximate surface area is 85.5 Å². The molecule has 1 unspecified atom stereocenters. The van der Waals surface area contributed by atoms with E-state index in [4.69, 9.17) is 6.57 Å². The minimum Gasteiger partial charge on any atom is -0.317 e. The van der Waals surface area contributed by atoms with E-state index < -0.39 is 6.17 Å². The molecule has 1 nitrogen and oxygen atoms in total. The molecule has 0 heterocycles. The summed E-state index contributed by atoms with van der Waals surface area (Å²) in [6.45, 7) is 6.79. The molecule has 0 aliphatic carbocycles. The predicted octanol–water partition coefficient (Wildman–Crippen LogP) is 3.77. The quantitative estimate of drug-likeness (QED) is 0.710. The molecule has 1 aromatic carbocycles. The van der Waals surface area contributed by atoms with E-state index in [1.807, 2.05) is 0 Å². The number of alkyl halides is 1. The topological polar surface area (TPSA) is 4.36 Å². The number of halogens is 2. The van der Waals surface area contributed by atoms with Crippen molar-refractivity contribution in [3.8, 4) is 0 Å². The van der Waals surface area contributed by atoms with E-state index in [0.29, 0.717) is 5.56 Å². The Balaban J connectivity index is 2.62. The third-order valence-corrected chi connectivity index (χ3v) is 2.25. The molecule has 0 radical (unpaired) electrons. The van der Waals surface area contributed by atoms with Crippen LogP contribution in [-0.4, -0.2) is 6.54 Å². The molecule has 0 aliphatic rings. The summed E-state index contributed by atoms with van der Waals surface area (Å²) in [6.07, 6.45) is -0.729. The molecule has 3 heteroatoms. The highest BCUT2D eigenvalue weighted by atomic mass is 79.9. The Morgan fingerprint density at radius 2 is 2.00 bits per heavy atom. The van der Waals surface area contributed by atoms with Gasteiger partial charge in [-0.3, -0.25) is 0 Å². The maximum absolute atomic E-state index is 13.3. The zero-order chi connectivity index (χ0) is 9.68. The molecule has 1 aromatic rings. The van der Waals surface area contributed by atoms with Gasteiger partial charge in [0.15, 0.2) is 0 Å². The summed E-state index contributed by atoms with van der Waals surface area (Å²) in [5.41, 5.74) is 0.645. The van der Waals surface area contributed by atoms with Gasteiger partial charge in [0, 0.05) is 4.47 Å². The van der Waals surface area contributed by atoms with Crippen molar-refractivity contribution < 1.29 is 4.39 Å². The maximum atomic E-state index is 13.3. The molecular formula is C10H9BrFN. The van der Waals surface area contributed by atoms with E-state index in [0.717, 1.165) is 4.47 Å². The van der Waals surface area contributed by atoms with Crippen LogP contribution in [0.2, 0.25) is 0 Å². The van der Waals surface area contributed by atoms with Crippen molar-refractivity contribution in [1.29, 1.82) is 0 Å². The third kappa shape index (κ3) is 3.16. The molecule has 0 saturated carbocycles. The number of benzene rings is 1. The molecule has 0 amide bonds. The average molecular weight is 242 g/mol. The van der Waals surface area contributed by atoms with Crippen molar-refractivity contribution in [2.24, 2.45) is 0 Å². The summed E-state index contributed by atoms with van der Waals surface area (Å²) >= 11 is 3.28. The third-order valence-electron chi connectivity index (χ3n) is 1.73. The molecule has 0 bridgehead atoms. The van der Waals surface area contributed by atoms with Crippen LogP contribution in [-0.2, 0) is 0 Å². The Bertz CT molecular complexity index is 302. The van der Waals surface area contributed by atoms with Gasteiger partial charge in [0.2, 0.25) is 6.54 Å². The Morgan fingerprint density at radius 1 is 1.38 bits per heavy atom. The van der Waals surface area contributed by atoms with Crippen LogP contribution >= 0.6 is 15.9 Å². The zero-order valence-corrected chi connectivity index (χ0v) is 8.59. The molecule has 0 N–H and O–H groups in total. The normalized spacial score (nSPS) is 12.1. The first kappa shape index (κ1) is 10.2. The molecule has 13 heavy (non-hydrogen) atoms. The van der Waals surface area contributed by atoms with Gasteiger partial charge in [0.25, 0.3) is 0 Å². The van der Waals surface area contributed by atoms with Gasteiger partial charge < -0.3 is 4.85 Å². The van der Waals surface area contributed by atoms with Gasteiger partial charge in [-0.05, 0) is 17.7 Å². The standard InChI is InChI=1S/C10H9BrFN/c1-13-7-6-10(12)8-2-4-9(11)5-3-8/h2-5,10H,6-7H2. The number of hydrogen-bond acceptors (Lipinski definition) is 0. The van der Waals surface area contributed by atoms with E-state index in [2.05, 4.69) is 20.8 Å². The Kier molecular flexibility index (Phi) is 3.91. The van der Waals surface area contributed by atoms with Crippen LogP contribution in [0.5, 0.6) is 0 Å². The number of hydrogen-bond donors (Lipinski definition) is 0. The van der Waals surface area contributed by atoms with Crippen molar-refractivity contribution in [1.82, 2.24) is 0 Å². The van der Waals surface area contributed by atoms with Crippen LogP contribution in [0.15, 0.2) is 28.7 Å². The molecule has 0 aromatic heterocycles. The van der Waals surface area contributed by atoms with Crippen molar-refractivity contribution in [3.63, 3.8) is 0 Å². The minimum absolute atomic E-state index is 0.247. The van der Waals surface area contributed by atoms with Crippen LogP contribution in [0.25, 0.3) is 4.85 Å². The second-order valence-corrected chi connectivity index (χ2v) is 3.61. The van der Waals surface area contributed by atoms with E-state index in [1.165, 1.54) is 0 Å². The lowest BCUT2D eigenvalue weighted by Crippen LogP contribution is -1.92. The van der Waals surface area contributed by atoms with Crippen molar-refractivity contribution in [3.05, 3.63) is 45.7 Å². The molecule has 0 saturated heterocycles. The predicted molar refractivity (Wildman–Crippen MR) is 54.1 cm³/mol. The maximum Gasteiger partial charge on any atom is 0.217 e. The van der Waals surface area contributed by atoms with Gasteiger partial charge in [-0.1, -0.05) is 28.1 Å². The Hall–Kier alpha value is -0.880. The minimum atomic E-state index is -1.01. The van der Waals surface area contributed by atoms with Crippen LogP contribution in [0.3, 0.4) is 0 Å². The first-order valence-corrected chi connectivity index (χ1v) is 4.76. The lowest BCUT2D eigenvalue weighted by molar-refractivity contribution is 0.332. The summed E-state index contributed by atoms with van der Waals surface area (Å²) in [6, 6.07) is 7.08. The highest BCUT2D eigenvalue weighted by Gasteiger charge is 2.09. The van der Waals surface area contributed by atoms with Gasteiger partial charge in [0.05, 0.1) is 6.42 Å². The van der Waals surface area contributed by atoms with Crippen molar-refractivity contribution in [2.75, 3.05) is 6.54 Å². The summed E-state index contributed by atoms with van der Waals surface area (Å²) in [5.74, 6) is 0. The first-order chi connectivity index (χ1) is 6.24. The van der Waals surface area contributed by atoms with Crippen LogP contribution in [0.1, 0.15) is 18.2 Å². The van der Waals surface area contributed by atoms with E-state index in [1.54, 1.807) is 24.3 Å². The van der Waals surface area contributed by atoms with Crippen LogP contribution in [0.4, 0.5) is 4.39 Å². The zero-order valence-electron chi connectivity index (χ0n) is 7.00.